The number of carbonyl (C=O) groups is 4. The van der Waals surface area contributed by atoms with E-state index < -0.39 is 0 Å². The van der Waals surface area contributed by atoms with Crippen molar-refractivity contribution in [1.29, 1.82) is 0 Å². The van der Waals surface area contributed by atoms with Crippen LogP contribution in [-0.2, 0) is 20.8 Å². The SMILES string of the molecule is CCCN(CC(=O)Nc1nc(CC(=O)N2CCN(C(C)=O)CC2)cs1)C(=O)c1ccc(Cl)cc1. The van der Waals surface area contributed by atoms with Crippen LogP contribution in [0.25, 0.3) is 0 Å². The van der Waals surface area contributed by atoms with Gasteiger partial charge in [-0.2, -0.15) is 0 Å². The van der Waals surface area contributed by atoms with E-state index >= 15 is 0 Å². The van der Waals surface area contributed by atoms with E-state index in [-0.39, 0.29) is 36.6 Å². The van der Waals surface area contributed by atoms with E-state index in [2.05, 4.69) is 10.3 Å². The number of amides is 4. The minimum Gasteiger partial charge on any atom is -0.339 e. The van der Waals surface area contributed by atoms with Gasteiger partial charge in [-0.25, -0.2) is 4.98 Å². The molecule has 2 heterocycles. The molecular formula is C23H28ClN5O4S. The summed E-state index contributed by atoms with van der Waals surface area (Å²) >= 11 is 7.13. The Balaban J connectivity index is 1.52. The lowest BCUT2D eigenvalue weighted by atomic mass is 10.2. The van der Waals surface area contributed by atoms with Gasteiger partial charge in [0, 0.05) is 55.6 Å². The number of aromatic nitrogens is 1. The van der Waals surface area contributed by atoms with Gasteiger partial charge < -0.3 is 20.0 Å². The maximum atomic E-state index is 12.8. The summed E-state index contributed by atoms with van der Waals surface area (Å²) in [5.41, 5.74) is 1.03. The molecule has 0 saturated carbocycles. The molecule has 1 fully saturated rings. The highest BCUT2D eigenvalue weighted by molar-refractivity contribution is 7.13. The highest BCUT2D eigenvalue weighted by Crippen LogP contribution is 2.17. The van der Waals surface area contributed by atoms with Gasteiger partial charge >= 0.3 is 0 Å². The van der Waals surface area contributed by atoms with Gasteiger partial charge in [0.05, 0.1) is 12.1 Å². The number of nitrogens with zero attached hydrogens (tertiary/aromatic N) is 4. The van der Waals surface area contributed by atoms with Crippen LogP contribution in [0.1, 0.15) is 36.3 Å². The van der Waals surface area contributed by atoms with E-state index in [0.29, 0.717) is 60.6 Å². The third-order valence-electron chi connectivity index (χ3n) is 5.41. The largest absolute Gasteiger partial charge is 0.339 e. The first-order valence-electron chi connectivity index (χ1n) is 11.1. The van der Waals surface area contributed by atoms with E-state index in [9.17, 15) is 19.2 Å². The fourth-order valence-electron chi connectivity index (χ4n) is 3.61. The quantitative estimate of drug-likeness (QED) is 0.594. The van der Waals surface area contributed by atoms with Gasteiger partial charge in [-0.3, -0.25) is 19.2 Å². The van der Waals surface area contributed by atoms with Crippen LogP contribution in [0, 0.1) is 0 Å². The van der Waals surface area contributed by atoms with Crippen LogP contribution >= 0.6 is 22.9 Å². The van der Waals surface area contributed by atoms with Crippen molar-refractivity contribution in [3.8, 4) is 0 Å². The zero-order valence-corrected chi connectivity index (χ0v) is 20.8. The lowest BCUT2D eigenvalue weighted by Crippen LogP contribution is -2.50. The summed E-state index contributed by atoms with van der Waals surface area (Å²) in [7, 11) is 0. The minimum absolute atomic E-state index is 0.0133. The average Bonchev–Trinajstić information content (AvgIpc) is 3.25. The van der Waals surface area contributed by atoms with Crippen molar-refractivity contribution < 1.29 is 19.2 Å². The Morgan fingerprint density at radius 2 is 1.74 bits per heavy atom. The van der Waals surface area contributed by atoms with Crippen molar-refractivity contribution in [3.63, 3.8) is 0 Å². The second kappa shape index (κ2) is 11.9. The molecule has 1 aliphatic heterocycles. The van der Waals surface area contributed by atoms with Crippen molar-refractivity contribution in [1.82, 2.24) is 19.7 Å². The second-order valence-corrected chi connectivity index (χ2v) is 9.28. The van der Waals surface area contributed by atoms with Crippen molar-refractivity contribution in [2.75, 3.05) is 44.6 Å². The minimum atomic E-state index is -0.358. The summed E-state index contributed by atoms with van der Waals surface area (Å²) in [5, 5.41) is 5.37. The number of piperazine rings is 1. The highest BCUT2D eigenvalue weighted by Gasteiger charge is 2.23. The van der Waals surface area contributed by atoms with E-state index in [1.807, 2.05) is 6.92 Å². The van der Waals surface area contributed by atoms with E-state index in [0.717, 1.165) is 0 Å². The maximum absolute atomic E-state index is 12.8. The van der Waals surface area contributed by atoms with Crippen molar-refractivity contribution in [2.45, 2.75) is 26.7 Å². The first-order chi connectivity index (χ1) is 16.3. The van der Waals surface area contributed by atoms with Crippen LogP contribution in [0.4, 0.5) is 5.13 Å². The van der Waals surface area contributed by atoms with Gasteiger partial charge in [-0.05, 0) is 30.7 Å². The molecule has 0 spiro atoms. The lowest BCUT2D eigenvalue weighted by Gasteiger charge is -2.34. The van der Waals surface area contributed by atoms with Gasteiger partial charge in [0.2, 0.25) is 17.7 Å². The Bertz CT molecular complexity index is 1030. The molecule has 1 aromatic carbocycles. The molecule has 1 N–H and O–H groups in total. The third-order valence-corrected chi connectivity index (χ3v) is 6.47. The molecule has 0 atom stereocenters. The number of rotatable bonds is 8. The summed E-state index contributed by atoms with van der Waals surface area (Å²) in [6.07, 6.45) is 0.834. The Hall–Kier alpha value is -2.98. The van der Waals surface area contributed by atoms with Gasteiger partial charge in [-0.1, -0.05) is 18.5 Å². The summed E-state index contributed by atoms with van der Waals surface area (Å²) < 4.78 is 0. The van der Waals surface area contributed by atoms with Crippen molar-refractivity contribution in [2.24, 2.45) is 0 Å². The van der Waals surface area contributed by atoms with E-state index in [1.165, 1.54) is 23.2 Å². The summed E-state index contributed by atoms with van der Waals surface area (Å²) in [4.78, 5) is 58.7. The fraction of sp³-hybridized carbons (Fsp3) is 0.435. The van der Waals surface area contributed by atoms with Crippen LogP contribution in [0.5, 0.6) is 0 Å². The first kappa shape index (κ1) is 25.6. The smallest absolute Gasteiger partial charge is 0.254 e. The summed E-state index contributed by atoms with van der Waals surface area (Å²) in [6.45, 7) is 5.85. The molecule has 1 saturated heterocycles. The molecule has 1 aliphatic rings. The Morgan fingerprint density at radius 3 is 2.35 bits per heavy atom. The second-order valence-electron chi connectivity index (χ2n) is 7.99. The van der Waals surface area contributed by atoms with E-state index in [1.54, 1.807) is 39.4 Å². The van der Waals surface area contributed by atoms with E-state index in [4.69, 9.17) is 11.6 Å². The predicted molar refractivity (Wildman–Crippen MR) is 131 cm³/mol. The van der Waals surface area contributed by atoms with Crippen molar-refractivity contribution >= 4 is 51.7 Å². The predicted octanol–water partition coefficient (Wildman–Crippen LogP) is 2.52. The highest BCUT2D eigenvalue weighted by atomic mass is 35.5. The molecule has 1 aromatic heterocycles. The molecule has 9 nitrogen and oxygen atoms in total. The van der Waals surface area contributed by atoms with Gasteiger partial charge in [0.1, 0.15) is 6.54 Å². The number of hydrogen-bond acceptors (Lipinski definition) is 6. The Labute approximate surface area is 207 Å². The molecule has 2 aromatic rings. The molecule has 0 aliphatic carbocycles. The maximum Gasteiger partial charge on any atom is 0.254 e. The van der Waals surface area contributed by atoms with Crippen molar-refractivity contribution in [3.05, 3.63) is 45.9 Å². The molecule has 0 bridgehead atoms. The first-order valence-corrected chi connectivity index (χ1v) is 12.3. The number of benzene rings is 1. The third kappa shape index (κ3) is 7.01. The number of thiazole rings is 1. The average molecular weight is 506 g/mol. The molecule has 11 heteroatoms. The van der Waals surface area contributed by atoms with Gasteiger partial charge in [0.25, 0.3) is 5.91 Å². The molecule has 182 valence electrons. The van der Waals surface area contributed by atoms with Crippen LogP contribution in [-0.4, -0.2) is 82.6 Å². The van der Waals surface area contributed by atoms with Gasteiger partial charge in [0.15, 0.2) is 5.13 Å². The summed E-state index contributed by atoms with van der Waals surface area (Å²) in [6, 6.07) is 6.55. The Morgan fingerprint density at radius 1 is 1.09 bits per heavy atom. The zero-order chi connectivity index (χ0) is 24.7. The number of carbonyl (C=O) groups excluding carboxylic acids is 4. The van der Waals surface area contributed by atoms with Crippen LogP contribution in [0.15, 0.2) is 29.6 Å². The molecule has 34 heavy (non-hydrogen) atoms. The lowest BCUT2D eigenvalue weighted by molar-refractivity contribution is -0.138. The normalized spacial score (nSPS) is 13.5. The molecule has 3 rings (SSSR count). The van der Waals surface area contributed by atoms with Crippen LogP contribution in [0.3, 0.4) is 0 Å². The zero-order valence-electron chi connectivity index (χ0n) is 19.3. The molecular weight excluding hydrogens is 478 g/mol. The number of anilines is 1. The van der Waals surface area contributed by atoms with Crippen LogP contribution in [0.2, 0.25) is 5.02 Å². The Kier molecular flexibility index (Phi) is 9.00. The molecule has 0 unspecified atom stereocenters. The van der Waals surface area contributed by atoms with Crippen LogP contribution < -0.4 is 5.32 Å². The number of nitrogens with one attached hydrogen (secondary N) is 1. The topological polar surface area (TPSA) is 103 Å². The van der Waals surface area contributed by atoms with Gasteiger partial charge in [-0.15, -0.1) is 11.3 Å². The monoisotopic (exact) mass is 505 g/mol. The number of hydrogen-bond donors (Lipinski definition) is 1. The molecule has 4 amide bonds. The number of halogens is 1. The standard InChI is InChI=1S/C23H28ClN5O4S/c1-3-8-29(22(33)17-4-6-18(24)7-5-17)14-20(31)26-23-25-19(15-34-23)13-21(32)28-11-9-27(10-12-28)16(2)30/h4-7,15H,3,8-14H2,1-2H3,(H,25,26,31). The summed E-state index contributed by atoms with van der Waals surface area (Å²) in [5.74, 6) is -0.652. The molecule has 0 radical (unpaired) electrons. The fourth-order valence-corrected chi connectivity index (χ4v) is 4.46.